The maximum absolute atomic E-state index is 12.7. The van der Waals surface area contributed by atoms with E-state index < -0.39 is 11.9 Å². The van der Waals surface area contributed by atoms with Gasteiger partial charge in [-0.15, -0.1) is 0 Å². The average Bonchev–Trinajstić information content (AvgIpc) is 2.56. The number of hydrogen-bond donors (Lipinski definition) is 1. The Morgan fingerprint density at radius 1 is 1.09 bits per heavy atom. The monoisotopic (exact) mass is 294 g/mol. The van der Waals surface area contributed by atoms with Gasteiger partial charge in [0, 0.05) is 11.3 Å². The lowest BCUT2D eigenvalue weighted by Gasteiger charge is -2.27. The molecule has 0 radical (unpaired) electrons. The highest BCUT2D eigenvalue weighted by Gasteiger charge is 2.27. The molecule has 22 heavy (non-hydrogen) atoms. The summed E-state index contributed by atoms with van der Waals surface area (Å²) < 4.78 is 0. The van der Waals surface area contributed by atoms with Crippen LogP contribution >= 0.6 is 0 Å². The lowest BCUT2D eigenvalue weighted by Crippen LogP contribution is -2.37. The van der Waals surface area contributed by atoms with Crippen LogP contribution in [-0.4, -0.2) is 16.7 Å². The van der Waals surface area contributed by atoms with Crippen LogP contribution in [-0.2, 0) is 4.79 Å². The van der Waals surface area contributed by atoms with Crippen LogP contribution in [0.5, 0.6) is 0 Å². The van der Waals surface area contributed by atoms with E-state index in [1.807, 2.05) is 37.3 Å². The normalized spacial score (nSPS) is 11.5. The summed E-state index contributed by atoms with van der Waals surface area (Å²) in [6, 6.07) is 15.5. The third-order valence-electron chi connectivity index (χ3n) is 3.46. The van der Waals surface area contributed by atoms with Crippen molar-refractivity contribution in [3.05, 3.63) is 78.4 Å². The Labute approximate surface area is 129 Å². The van der Waals surface area contributed by atoms with Crippen molar-refractivity contribution in [2.24, 2.45) is 0 Å². The number of nitrogens with zero attached hydrogens (tertiary/aromatic N) is 1. The van der Waals surface area contributed by atoms with E-state index in [1.165, 1.54) is 4.90 Å². The Morgan fingerprint density at radius 3 is 2.23 bits per heavy atom. The van der Waals surface area contributed by atoms with Crippen LogP contribution in [0.3, 0.4) is 0 Å². The summed E-state index contributed by atoms with van der Waals surface area (Å²) in [5, 5.41) is 0. The highest BCUT2D eigenvalue weighted by atomic mass is 16.2. The van der Waals surface area contributed by atoms with Crippen molar-refractivity contribution in [2.75, 3.05) is 5.73 Å². The molecular formula is C18H18N2O2. The molecule has 0 aliphatic carbocycles. The van der Waals surface area contributed by atoms with E-state index in [-0.39, 0.29) is 5.91 Å². The van der Waals surface area contributed by atoms with E-state index >= 15 is 0 Å². The molecule has 112 valence electrons. The Hall–Kier alpha value is -2.88. The molecule has 0 heterocycles. The van der Waals surface area contributed by atoms with Gasteiger partial charge in [-0.2, -0.15) is 0 Å². The molecule has 0 aromatic heterocycles. The molecule has 1 atom stereocenters. The quantitative estimate of drug-likeness (QED) is 0.696. The average molecular weight is 294 g/mol. The Balaban J connectivity index is 2.38. The Bertz CT molecular complexity index is 678. The standard InChI is InChI=1S/C18H18N2O2/c1-3-17(21)20(13(2)14-7-5-4-6-8-14)18(22)15-9-11-16(19)12-10-15/h3-13H,1,19H2,2H3. The van der Waals surface area contributed by atoms with Gasteiger partial charge in [0.05, 0.1) is 6.04 Å². The molecule has 1 unspecified atom stereocenters. The number of amides is 2. The number of benzene rings is 2. The second-order valence-electron chi connectivity index (χ2n) is 4.93. The molecule has 4 heteroatoms. The van der Waals surface area contributed by atoms with E-state index in [2.05, 4.69) is 6.58 Å². The van der Waals surface area contributed by atoms with Crippen LogP contribution in [0, 0.1) is 0 Å². The Morgan fingerprint density at radius 2 is 1.68 bits per heavy atom. The molecular weight excluding hydrogens is 276 g/mol. The molecule has 0 bridgehead atoms. The fourth-order valence-electron chi connectivity index (χ4n) is 2.21. The number of nitrogen functional groups attached to an aromatic ring is 1. The smallest absolute Gasteiger partial charge is 0.261 e. The van der Waals surface area contributed by atoms with Crippen LogP contribution in [0.15, 0.2) is 67.3 Å². The summed E-state index contributed by atoms with van der Waals surface area (Å²) in [5.41, 5.74) is 7.48. The van der Waals surface area contributed by atoms with E-state index in [0.29, 0.717) is 11.3 Å². The van der Waals surface area contributed by atoms with Crippen LogP contribution < -0.4 is 5.73 Å². The second-order valence-corrected chi connectivity index (χ2v) is 4.93. The van der Waals surface area contributed by atoms with E-state index in [9.17, 15) is 9.59 Å². The van der Waals surface area contributed by atoms with Crippen molar-refractivity contribution in [2.45, 2.75) is 13.0 Å². The molecule has 0 saturated heterocycles. The zero-order valence-electron chi connectivity index (χ0n) is 12.4. The number of carbonyl (C=O) groups excluding carboxylic acids is 2. The Kier molecular flexibility index (Phi) is 4.73. The minimum atomic E-state index is -0.432. The van der Waals surface area contributed by atoms with Gasteiger partial charge in [0.15, 0.2) is 0 Å². The van der Waals surface area contributed by atoms with Gasteiger partial charge in [-0.25, -0.2) is 0 Å². The zero-order chi connectivity index (χ0) is 16.1. The lowest BCUT2D eigenvalue weighted by atomic mass is 10.1. The minimum Gasteiger partial charge on any atom is -0.399 e. The summed E-state index contributed by atoms with van der Waals surface area (Å²) in [7, 11) is 0. The molecule has 2 N–H and O–H groups in total. The van der Waals surface area contributed by atoms with Crippen molar-refractivity contribution in [3.63, 3.8) is 0 Å². The minimum absolute atomic E-state index is 0.374. The first-order chi connectivity index (χ1) is 10.5. The molecule has 4 nitrogen and oxygen atoms in total. The summed E-state index contributed by atoms with van der Waals surface area (Å²) in [6.07, 6.45) is 1.15. The fraction of sp³-hybridized carbons (Fsp3) is 0.111. The first-order valence-corrected chi connectivity index (χ1v) is 6.95. The first-order valence-electron chi connectivity index (χ1n) is 6.95. The topological polar surface area (TPSA) is 63.4 Å². The predicted molar refractivity (Wildman–Crippen MR) is 87.1 cm³/mol. The highest BCUT2D eigenvalue weighted by Crippen LogP contribution is 2.23. The maximum atomic E-state index is 12.7. The van der Waals surface area contributed by atoms with Gasteiger partial charge in [-0.3, -0.25) is 14.5 Å². The largest absolute Gasteiger partial charge is 0.399 e. The fourth-order valence-corrected chi connectivity index (χ4v) is 2.21. The number of rotatable bonds is 4. The van der Waals surface area contributed by atoms with Gasteiger partial charge in [-0.05, 0) is 42.8 Å². The van der Waals surface area contributed by atoms with Crippen LogP contribution in [0.4, 0.5) is 5.69 Å². The van der Waals surface area contributed by atoms with Crippen molar-refractivity contribution in [1.82, 2.24) is 4.90 Å². The van der Waals surface area contributed by atoms with Crippen molar-refractivity contribution in [1.29, 1.82) is 0 Å². The number of nitrogens with two attached hydrogens (primary N) is 1. The first kappa shape index (κ1) is 15.5. The molecule has 2 rings (SSSR count). The molecule has 0 saturated carbocycles. The van der Waals surface area contributed by atoms with Crippen molar-refractivity contribution in [3.8, 4) is 0 Å². The van der Waals surface area contributed by atoms with Crippen LogP contribution in [0.25, 0.3) is 0 Å². The molecule has 0 aliphatic heterocycles. The van der Waals surface area contributed by atoms with E-state index in [0.717, 1.165) is 11.6 Å². The predicted octanol–water partition coefficient (Wildman–Crippen LogP) is 3.18. The zero-order valence-corrected chi connectivity index (χ0v) is 12.4. The SMILES string of the molecule is C=CC(=O)N(C(=O)c1ccc(N)cc1)C(C)c1ccccc1. The number of anilines is 1. The van der Waals surface area contributed by atoms with Gasteiger partial charge >= 0.3 is 0 Å². The van der Waals surface area contributed by atoms with Crippen molar-refractivity contribution >= 4 is 17.5 Å². The molecule has 0 aliphatic rings. The number of hydrogen-bond acceptors (Lipinski definition) is 3. The van der Waals surface area contributed by atoms with Gasteiger partial charge < -0.3 is 5.73 Å². The van der Waals surface area contributed by atoms with Gasteiger partial charge in [0.2, 0.25) is 0 Å². The summed E-state index contributed by atoms with van der Waals surface area (Å²) in [4.78, 5) is 26.1. The van der Waals surface area contributed by atoms with Gasteiger partial charge in [-0.1, -0.05) is 36.9 Å². The van der Waals surface area contributed by atoms with Gasteiger partial charge in [0.25, 0.3) is 11.8 Å². The third-order valence-corrected chi connectivity index (χ3v) is 3.46. The van der Waals surface area contributed by atoms with Gasteiger partial charge in [0.1, 0.15) is 0 Å². The highest BCUT2D eigenvalue weighted by molar-refractivity contribution is 6.08. The molecule has 2 aromatic rings. The van der Waals surface area contributed by atoms with Crippen LogP contribution in [0.1, 0.15) is 28.9 Å². The number of carbonyl (C=O) groups is 2. The summed E-state index contributed by atoms with van der Waals surface area (Å²) in [6.45, 7) is 5.30. The maximum Gasteiger partial charge on any atom is 0.261 e. The molecule has 0 fully saturated rings. The molecule has 2 amide bonds. The van der Waals surface area contributed by atoms with E-state index in [1.54, 1.807) is 24.3 Å². The van der Waals surface area contributed by atoms with Crippen LogP contribution in [0.2, 0.25) is 0 Å². The lowest BCUT2D eigenvalue weighted by molar-refractivity contribution is -0.125. The van der Waals surface area contributed by atoms with Crippen molar-refractivity contribution < 1.29 is 9.59 Å². The summed E-state index contributed by atoms with van der Waals surface area (Å²) >= 11 is 0. The third kappa shape index (κ3) is 3.23. The molecule has 0 spiro atoms. The molecule has 2 aromatic carbocycles. The summed E-state index contributed by atoms with van der Waals surface area (Å²) in [5.74, 6) is -0.806. The van der Waals surface area contributed by atoms with E-state index in [4.69, 9.17) is 5.73 Å². The second kappa shape index (κ2) is 6.72. The number of imide groups is 1.